The molecule has 0 radical (unpaired) electrons. The second-order valence-corrected chi connectivity index (χ2v) is 5.16. The zero-order valence-electron chi connectivity index (χ0n) is 8.88. The standard InChI is InChI=1S/C11H16N2OS/c1-7(6-12)13-11(14)10-5-8-3-2-4-9(8)15-10/h5,7H,2-4,6,12H2,1H3,(H,13,14)/t7-/m1/s1. The molecule has 0 saturated heterocycles. The fourth-order valence-corrected chi connectivity index (χ4v) is 2.95. The number of fused-ring (bicyclic) bond motifs is 1. The van der Waals surface area contributed by atoms with Gasteiger partial charge in [0.25, 0.3) is 5.91 Å². The molecule has 0 bridgehead atoms. The molecule has 3 nitrogen and oxygen atoms in total. The number of amides is 1. The van der Waals surface area contributed by atoms with Crippen LogP contribution in [-0.4, -0.2) is 18.5 Å². The maximum Gasteiger partial charge on any atom is 0.261 e. The van der Waals surface area contributed by atoms with Crippen LogP contribution in [0.25, 0.3) is 0 Å². The Hall–Kier alpha value is -0.870. The molecular weight excluding hydrogens is 208 g/mol. The van der Waals surface area contributed by atoms with Crippen molar-refractivity contribution in [3.63, 3.8) is 0 Å². The Balaban J connectivity index is 2.06. The zero-order chi connectivity index (χ0) is 10.8. The molecule has 0 aromatic carbocycles. The first-order valence-electron chi connectivity index (χ1n) is 5.33. The minimum atomic E-state index is 0.0207. The van der Waals surface area contributed by atoms with Gasteiger partial charge in [0, 0.05) is 17.5 Å². The quantitative estimate of drug-likeness (QED) is 0.813. The highest BCUT2D eigenvalue weighted by molar-refractivity contribution is 7.14. The van der Waals surface area contributed by atoms with E-state index in [1.807, 2.05) is 13.0 Å². The summed E-state index contributed by atoms with van der Waals surface area (Å²) in [6.07, 6.45) is 3.51. The van der Waals surface area contributed by atoms with Crippen molar-refractivity contribution < 1.29 is 4.79 Å². The highest BCUT2D eigenvalue weighted by Gasteiger charge is 2.18. The van der Waals surface area contributed by atoms with E-state index in [1.165, 1.54) is 16.9 Å². The molecule has 1 amide bonds. The number of hydrogen-bond acceptors (Lipinski definition) is 3. The molecule has 2 rings (SSSR count). The molecule has 0 fully saturated rings. The van der Waals surface area contributed by atoms with Crippen LogP contribution in [0.3, 0.4) is 0 Å². The number of rotatable bonds is 3. The van der Waals surface area contributed by atoms with Crippen molar-refractivity contribution in [2.75, 3.05) is 6.54 Å². The van der Waals surface area contributed by atoms with Crippen LogP contribution >= 0.6 is 11.3 Å². The van der Waals surface area contributed by atoms with E-state index in [-0.39, 0.29) is 11.9 Å². The predicted molar refractivity (Wildman–Crippen MR) is 62.3 cm³/mol. The number of carbonyl (C=O) groups excluding carboxylic acids is 1. The van der Waals surface area contributed by atoms with Crippen molar-refractivity contribution in [1.82, 2.24) is 5.32 Å². The first kappa shape index (κ1) is 10.6. The highest BCUT2D eigenvalue weighted by atomic mass is 32.1. The van der Waals surface area contributed by atoms with Crippen molar-refractivity contribution in [1.29, 1.82) is 0 Å². The lowest BCUT2D eigenvalue weighted by atomic mass is 10.2. The molecule has 1 aromatic rings. The number of aryl methyl sites for hydroxylation is 2. The van der Waals surface area contributed by atoms with Crippen molar-refractivity contribution >= 4 is 17.2 Å². The van der Waals surface area contributed by atoms with E-state index in [2.05, 4.69) is 5.32 Å². The van der Waals surface area contributed by atoms with E-state index in [0.29, 0.717) is 6.54 Å². The molecule has 1 aliphatic carbocycles. The van der Waals surface area contributed by atoms with Crippen LogP contribution in [-0.2, 0) is 12.8 Å². The fraction of sp³-hybridized carbons (Fsp3) is 0.545. The van der Waals surface area contributed by atoms with Gasteiger partial charge < -0.3 is 11.1 Å². The topological polar surface area (TPSA) is 55.1 Å². The smallest absolute Gasteiger partial charge is 0.261 e. The minimum absolute atomic E-state index is 0.0207. The summed E-state index contributed by atoms with van der Waals surface area (Å²) in [6, 6.07) is 2.08. The molecule has 1 atom stereocenters. The molecule has 1 aliphatic rings. The molecule has 0 aliphatic heterocycles. The third-order valence-electron chi connectivity index (χ3n) is 2.70. The number of carbonyl (C=O) groups is 1. The van der Waals surface area contributed by atoms with Gasteiger partial charge in [0.05, 0.1) is 4.88 Å². The summed E-state index contributed by atoms with van der Waals surface area (Å²) in [5.74, 6) is 0.0207. The molecule has 4 heteroatoms. The molecule has 1 heterocycles. The van der Waals surface area contributed by atoms with Crippen molar-refractivity contribution in [3.05, 3.63) is 21.4 Å². The molecule has 15 heavy (non-hydrogen) atoms. The Morgan fingerprint density at radius 2 is 2.47 bits per heavy atom. The Morgan fingerprint density at radius 1 is 1.67 bits per heavy atom. The van der Waals surface area contributed by atoms with Crippen molar-refractivity contribution in [2.24, 2.45) is 5.73 Å². The lowest BCUT2D eigenvalue weighted by Gasteiger charge is -2.09. The summed E-state index contributed by atoms with van der Waals surface area (Å²) in [5, 5.41) is 2.88. The van der Waals surface area contributed by atoms with Crippen molar-refractivity contribution in [2.45, 2.75) is 32.2 Å². The lowest BCUT2D eigenvalue weighted by Crippen LogP contribution is -2.37. The molecule has 82 valence electrons. The molecule has 0 spiro atoms. The van der Waals surface area contributed by atoms with Gasteiger partial charge in [-0.3, -0.25) is 4.79 Å². The maximum atomic E-state index is 11.8. The summed E-state index contributed by atoms with van der Waals surface area (Å²) in [7, 11) is 0. The monoisotopic (exact) mass is 224 g/mol. The Bertz CT molecular complexity index is 351. The SMILES string of the molecule is C[C@H](CN)NC(=O)c1cc2c(s1)CCC2. The third-order valence-corrected chi connectivity index (χ3v) is 3.94. The third kappa shape index (κ3) is 2.21. The number of hydrogen-bond donors (Lipinski definition) is 2. The Kier molecular flexibility index (Phi) is 3.07. The summed E-state index contributed by atoms with van der Waals surface area (Å²) in [4.78, 5) is 14.0. The second-order valence-electron chi connectivity index (χ2n) is 4.02. The van der Waals surface area contributed by atoms with Gasteiger partial charge in [0.2, 0.25) is 0 Å². The molecule has 0 unspecified atom stereocenters. The van der Waals surface area contributed by atoms with Gasteiger partial charge >= 0.3 is 0 Å². The second kappa shape index (κ2) is 4.33. The van der Waals surface area contributed by atoms with Gasteiger partial charge in [-0.25, -0.2) is 0 Å². The van der Waals surface area contributed by atoms with Crippen LogP contribution in [0, 0.1) is 0 Å². The van der Waals surface area contributed by atoms with Crippen LogP contribution < -0.4 is 11.1 Å². The maximum absolute atomic E-state index is 11.8. The van der Waals surface area contributed by atoms with Gasteiger partial charge in [-0.15, -0.1) is 11.3 Å². The number of thiophene rings is 1. The summed E-state index contributed by atoms with van der Waals surface area (Å²) >= 11 is 1.63. The van der Waals surface area contributed by atoms with E-state index in [0.717, 1.165) is 17.7 Å². The Labute approximate surface area is 93.7 Å². The van der Waals surface area contributed by atoms with Crippen molar-refractivity contribution in [3.8, 4) is 0 Å². The average molecular weight is 224 g/mol. The van der Waals surface area contributed by atoms with Crippen LogP contribution in [0.15, 0.2) is 6.07 Å². The van der Waals surface area contributed by atoms with Gasteiger partial charge in [-0.1, -0.05) is 0 Å². The van der Waals surface area contributed by atoms with Gasteiger partial charge in [0.1, 0.15) is 0 Å². The van der Waals surface area contributed by atoms with E-state index in [9.17, 15) is 4.79 Å². The largest absolute Gasteiger partial charge is 0.348 e. The minimum Gasteiger partial charge on any atom is -0.348 e. The van der Waals surface area contributed by atoms with Gasteiger partial charge in [0.15, 0.2) is 0 Å². The normalized spacial score (nSPS) is 16.1. The van der Waals surface area contributed by atoms with E-state index in [1.54, 1.807) is 11.3 Å². The summed E-state index contributed by atoms with van der Waals surface area (Å²) in [6.45, 7) is 2.40. The van der Waals surface area contributed by atoms with E-state index in [4.69, 9.17) is 5.73 Å². The lowest BCUT2D eigenvalue weighted by molar-refractivity contribution is 0.0945. The first-order chi connectivity index (χ1) is 7.20. The Morgan fingerprint density at radius 3 is 3.13 bits per heavy atom. The van der Waals surface area contributed by atoms with E-state index >= 15 is 0 Å². The van der Waals surface area contributed by atoms with Gasteiger partial charge in [-0.05, 0) is 37.8 Å². The molecular formula is C11H16N2OS. The first-order valence-corrected chi connectivity index (χ1v) is 6.15. The number of nitrogens with one attached hydrogen (secondary N) is 1. The predicted octanol–water partition coefficient (Wildman–Crippen LogP) is 1.31. The molecule has 0 saturated carbocycles. The van der Waals surface area contributed by atoms with Crippen LogP contribution in [0.4, 0.5) is 0 Å². The van der Waals surface area contributed by atoms with Crippen LogP contribution in [0.5, 0.6) is 0 Å². The van der Waals surface area contributed by atoms with Crippen LogP contribution in [0.2, 0.25) is 0 Å². The summed E-state index contributed by atoms with van der Waals surface area (Å²) < 4.78 is 0. The molecule has 3 N–H and O–H groups in total. The molecule has 1 aromatic heterocycles. The zero-order valence-corrected chi connectivity index (χ0v) is 9.69. The number of nitrogens with two attached hydrogens (primary N) is 1. The van der Waals surface area contributed by atoms with Crippen LogP contribution in [0.1, 0.15) is 33.5 Å². The van der Waals surface area contributed by atoms with E-state index < -0.39 is 0 Å². The summed E-state index contributed by atoms with van der Waals surface area (Å²) in [5.41, 5.74) is 6.83. The fourth-order valence-electron chi connectivity index (χ4n) is 1.79. The highest BCUT2D eigenvalue weighted by Crippen LogP contribution is 2.30. The average Bonchev–Trinajstić information content (AvgIpc) is 2.76. The van der Waals surface area contributed by atoms with Gasteiger partial charge in [-0.2, -0.15) is 0 Å².